The van der Waals surface area contributed by atoms with Crippen molar-refractivity contribution < 1.29 is 4.79 Å². The summed E-state index contributed by atoms with van der Waals surface area (Å²) in [6, 6.07) is 14.5. The summed E-state index contributed by atoms with van der Waals surface area (Å²) in [5, 5.41) is 15.5. The molecule has 0 saturated heterocycles. The predicted octanol–water partition coefficient (Wildman–Crippen LogP) is 4.44. The van der Waals surface area contributed by atoms with E-state index in [0.717, 1.165) is 11.1 Å². The Morgan fingerprint density at radius 2 is 2.00 bits per heavy atom. The molecule has 2 aromatic rings. The SMILES string of the molecule is Cc1ccccc1CN/C=C(/C#N)C(=O)Nc1ccc(Cl)cc1Cl. The summed E-state index contributed by atoms with van der Waals surface area (Å²) in [5.41, 5.74) is 2.57. The van der Waals surface area contributed by atoms with Gasteiger partial charge in [-0.25, -0.2) is 0 Å². The number of nitrogens with one attached hydrogen (secondary N) is 2. The van der Waals surface area contributed by atoms with Crippen LogP contribution in [0.15, 0.2) is 54.2 Å². The molecule has 2 rings (SSSR count). The minimum absolute atomic E-state index is 0.0467. The fourth-order valence-corrected chi connectivity index (χ4v) is 2.46. The van der Waals surface area contributed by atoms with Gasteiger partial charge < -0.3 is 10.6 Å². The first-order valence-corrected chi connectivity index (χ1v) is 7.91. The first-order chi connectivity index (χ1) is 11.5. The van der Waals surface area contributed by atoms with Crippen LogP contribution in [0, 0.1) is 18.3 Å². The molecule has 0 aliphatic rings. The number of rotatable bonds is 5. The van der Waals surface area contributed by atoms with E-state index in [1.165, 1.54) is 12.3 Å². The van der Waals surface area contributed by atoms with Gasteiger partial charge in [0.05, 0.1) is 10.7 Å². The van der Waals surface area contributed by atoms with Gasteiger partial charge in [0.1, 0.15) is 11.6 Å². The van der Waals surface area contributed by atoms with Gasteiger partial charge in [0.2, 0.25) is 0 Å². The van der Waals surface area contributed by atoms with Gasteiger partial charge in [0, 0.05) is 17.8 Å². The molecular weight excluding hydrogens is 345 g/mol. The normalized spacial score (nSPS) is 10.8. The van der Waals surface area contributed by atoms with E-state index in [1.807, 2.05) is 37.3 Å². The number of carbonyl (C=O) groups excluding carboxylic acids is 1. The molecule has 0 bridgehead atoms. The van der Waals surface area contributed by atoms with Crippen LogP contribution in [0.1, 0.15) is 11.1 Å². The lowest BCUT2D eigenvalue weighted by Crippen LogP contribution is -2.17. The van der Waals surface area contributed by atoms with Crippen molar-refractivity contribution in [1.82, 2.24) is 5.32 Å². The Bertz CT molecular complexity index is 825. The van der Waals surface area contributed by atoms with Crippen LogP contribution < -0.4 is 10.6 Å². The minimum Gasteiger partial charge on any atom is -0.386 e. The summed E-state index contributed by atoms with van der Waals surface area (Å²) in [4.78, 5) is 12.2. The number of benzene rings is 2. The lowest BCUT2D eigenvalue weighted by Gasteiger charge is -2.08. The third-order valence-corrected chi connectivity index (χ3v) is 3.89. The Morgan fingerprint density at radius 1 is 1.25 bits per heavy atom. The van der Waals surface area contributed by atoms with Gasteiger partial charge in [-0.2, -0.15) is 5.26 Å². The van der Waals surface area contributed by atoms with E-state index in [1.54, 1.807) is 12.1 Å². The Balaban J connectivity index is 2.03. The van der Waals surface area contributed by atoms with Gasteiger partial charge in [-0.1, -0.05) is 47.5 Å². The number of halogens is 2. The van der Waals surface area contributed by atoms with Crippen molar-refractivity contribution in [3.63, 3.8) is 0 Å². The smallest absolute Gasteiger partial charge is 0.267 e. The quantitative estimate of drug-likeness (QED) is 0.612. The number of nitriles is 1. The zero-order valence-electron chi connectivity index (χ0n) is 12.9. The third-order valence-electron chi connectivity index (χ3n) is 3.34. The number of nitrogens with zero attached hydrogens (tertiary/aromatic N) is 1. The van der Waals surface area contributed by atoms with Crippen LogP contribution in [-0.2, 0) is 11.3 Å². The number of carbonyl (C=O) groups is 1. The molecule has 24 heavy (non-hydrogen) atoms. The molecule has 0 saturated carbocycles. The van der Waals surface area contributed by atoms with Crippen molar-refractivity contribution in [2.24, 2.45) is 0 Å². The van der Waals surface area contributed by atoms with Gasteiger partial charge >= 0.3 is 0 Å². The fraction of sp³-hybridized carbons (Fsp3) is 0.111. The molecule has 0 aromatic heterocycles. The lowest BCUT2D eigenvalue weighted by atomic mass is 10.1. The number of amides is 1. The average molecular weight is 360 g/mol. The maximum absolute atomic E-state index is 12.2. The number of hydrogen-bond acceptors (Lipinski definition) is 3. The molecule has 0 spiro atoms. The zero-order valence-corrected chi connectivity index (χ0v) is 14.4. The largest absolute Gasteiger partial charge is 0.386 e. The van der Waals surface area contributed by atoms with Crippen LogP contribution in [0.5, 0.6) is 0 Å². The monoisotopic (exact) mass is 359 g/mol. The Kier molecular flexibility index (Phi) is 6.25. The second-order valence-corrected chi connectivity index (χ2v) is 5.90. The first kappa shape index (κ1) is 17.9. The maximum atomic E-state index is 12.2. The highest BCUT2D eigenvalue weighted by atomic mass is 35.5. The standard InChI is InChI=1S/C18H15Cl2N3O/c1-12-4-2-3-5-13(12)10-22-11-14(9-21)18(24)23-17-7-6-15(19)8-16(17)20/h2-8,11,22H,10H2,1H3,(H,23,24)/b14-11-. The van der Waals surface area contributed by atoms with E-state index in [9.17, 15) is 4.79 Å². The van der Waals surface area contributed by atoms with Crippen LogP contribution in [0.3, 0.4) is 0 Å². The molecule has 122 valence electrons. The van der Waals surface area contributed by atoms with Crippen molar-refractivity contribution in [3.8, 4) is 6.07 Å². The molecule has 0 fully saturated rings. The van der Waals surface area contributed by atoms with Crippen LogP contribution in [0.4, 0.5) is 5.69 Å². The van der Waals surface area contributed by atoms with Crippen LogP contribution in [0.25, 0.3) is 0 Å². The molecule has 0 radical (unpaired) electrons. The summed E-state index contributed by atoms with van der Waals surface area (Å²) < 4.78 is 0. The maximum Gasteiger partial charge on any atom is 0.267 e. The van der Waals surface area contributed by atoms with Crippen molar-refractivity contribution in [3.05, 3.63) is 75.4 Å². The fourth-order valence-electron chi connectivity index (χ4n) is 2.00. The van der Waals surface area contributed by atoms with E-state index in [4.69, 9.17) is 28.5 Å². The van der Waals surface area contributed by atoms with Crippen molar-refractivity contribution in [2.45, 2.75) is 13.5 Å². The summed E-state index contributed by atoms with van der Waals surface area (Å²) in [7, 11) is 0. The second-order valence-electron chi connectivity index (χ2n) is 5.06. The molecular formula is C18H15Cl2N3O. The highest BCUT2D eigenvalue weighted by Gasteiger charge is 2.11. The number of aryl methyl sites for hydroxylation is 1. The molecule has 0 atom stereocenters. The Hall–Kier alpha value is -2.48. The molecule has 0 aliphatic heterocycles. The van der Waals surface area contributed by atoms with Gasteiger partial charge in [-0.05, 0) is 36.2 Å². The van der Waals surface area contributed by atoms with E-state index < -0.39 is 5.91 Å². The molecule has 2 aromatic carbocycles. The van der Waals surface area contributed by atoms with Gasteiger partial charge in [-0.15, -0.1) is 0 Å². The van der Waals surface area contributed by atoms with Gasteiger partial charge in [-0.3, -0.25) is 4.79 Å². The van der Waals surface area contributed by atoms with Gasteiger partial charge in [0.25, 0.3) is 5.91 Å². The molecule has 2 N–H and O–H groups in total. The molecule has 4 nitrogen and oxygen atoms in total. The molecule has 0 unspecified atom stereocenters. The predicted molar refractivity (Wildman–Crippen MR) is 96.8 cm³/mol. The average Bonchev–Trinajstić information content (AvgIpc) is 2.55. The van der Waals surface area contributed by atoms with E-state index in [0.29, 0.717) is 22.3 Å². The van der Waals surface area contributed by atoms with Crippen molar-refractivity contribution in [1.29, 1.82) is 5.26 Å². The summed E-state index contributed by atoms with van der Waals surface area (Å²) in [5.74, 6) is -0.543. The first-order valence-electron chi connectivity index (χ1n) is 7.16. The van der Waals surface area contributed by atoms with Crippen molar-refractivity contribution in [2.75, 3.05) is 5.32 Å². The minimum atomic E-state index is -0.543. The molecule has 0 heterocycles. The molecule has 0 aliphatic carbocycles. The lowest BCUT2D eigenvalue weighted by molar-refractivity contribution is -0.112. The summed E-state index contributed by atoms with van der Waals surface area (Å²) in [6.45, 7) is 2.52. The number of hydrogen-bond donors (Lipinski definition) is 2. The third kappa shape index (κ3) is 4.76. The van der Waals surface area contributed by atoms with E-state index in [2.05, 4.69) is 10.6 Å². The van der Waals surface area contributed by atoms with E-state index >= 15 is 0 Å². The summed E-state index contributed by atoms with van der Waals surface area (Å²) >= 11 is 11.8. The zero-order chi connectivity index (χ0) is 17.5. The van der Waals surface area contributed by atoms with E-state index in [-0.39, 0.29) is 5.57 Å². The summed E-state index contributed by atoms with van der Waals surface area (Å²) in [6.07, 6.45) is 1.39. The van der Waals surface area contributed by atoms with Crippen LogP contribution in [0.2, 0.25) is 10.0 Å². The highest BCUT2D eigenvalue weighted by Crippen LogP contribution is 2.25. The molecule has 1 amide bonds. The number of anilines is 1. The van der Waals surface area contributed by atoms with Crippen LogP contribution in [-0.4, -0.2) is 5.91 Å². The highest BCUT2D eigenvalue weighted by molar-refractivity contribution is 6.36. The molecule has 6 heteroatoms. The Labute approximate surface area is 150 Å². The Morgan fingerprint density at radius 3 is 2.67 bits per heavy atom. The van der Waals surface area contributed by atoms with Crippen molar-refractivity contribution >= 4 is 34.8 Å². The second kappa shape index (κ2) is 8.39. The van der Waals surface area contributed by atoms with Gasteiger partial charge in [0.15, 0.2) is 0 Å². The van der Waals surface area contributed by atoms with Crippen LogP contribution >= 0.6 is 23.2 Å². The topological polar surface area (TPSA) is 64.9 Å².